The minimum atomic E-state index is 0.0513. The molecule has 18 heavy (non-hydrogen) atoms. The maximum absolute atomic E-state index is 6.12. The third-order valence-electron chi connectivity index (χ3n) is 3.04. The Labute approximate surface area is 134 Å². The Bertz CT molecular complexity index is 492. The lowest BCUT2D eigenvalue weighted by atomic mass is 9.81. The summed E-state index contributed by atoms with van der Waals surface area (Å²) in [5.41, 5.74) is 1.33. The van der Waals surface area contributed by atoms with Gasteiger partial charge in [-0.2, -0.15) is 0 Å². The van der Waals surface area contributed by atoms with E-state index >= 15 is 0 Å². The number of hydrogen-bond acceptors (Lipinski definition) is 1. The van der Waals surface area contributed by atoms with Gasteiger partial charge in [-0.25, -0.2) is 0 Å². The fourth-order valence-electron chi connectivity index (χ4n) is 1.95. The maximum Gasteiger partial charge on any atom is 0.0408 e. The van der Waals surface area contributed by atoms with E-state index < -0.39 is 0 Å². The molecule has 0 N–H and O–H groups in total. The molecule has 0 aliphatic carbocycles. The molecule has 2 rings (SSSR count). The van der Waals surface area contributed by atoms with E-state index in [4.69, 9.17) is 11.6 Å². The Morgan fingerprint density at radius 1 is 1.11 bits per heavy atom. The molecule has 1 aromatic carbocycles. The molecule has 96 valence electrons. The van der Waals surface area contributed by atoms with Crippen molar-refractivity contribution in [2.45, 2.75) is 11.8 Å². The predicted octanol–water partition coefficient (Wildman–Crippen LogP) is 5.67. The molecule has 0 bridgehead atoms. The number of thiophene rings is 1. The van der Waals surface area contributed by atoms with Gasteiger partial charge in [0.2, 0.25) is 0 Å². The SMILES string of the molecule is Clc1cccc(C(CBr)(CBr)Cc2cccs2)c1. The van der Waals surface area contributed by atoms with Crippen LogP contribution in [0.3, 0.4) is 0 Å². The van der Waals surface area contributed by atoms with Gasteiger partial charge in [0.15, 0.2) is 0 Å². The quantitative estimate of drug-likeness (QED) is 0.559. The normalized spacial score (nSPS) is 11.7. The lowest BCUT2D eigenvalue weighted by Gasteiger charge is -2.30. The molecule has 0 atom stereocenters. The van der Waals surface area contributed by atoms with Crippen molar-refractivity contribution in [2.75, 3.05) is 10.7 Å². The van der Waals surface area contributed by atoms with Crippen LogP contribution in [-0.4, -0.2) is 10.7 Å². The summed E-state index contributed by atoms with van der Waals surface area (Å²) in [6.45, 7) is 0. The number of halogens is 3. The molecule has 0 aliphatic heterocycles. The molecule has 0 saturated heterocycles. The van der Waals surface area contributed by atoms with Crippen LogP contribution >= 0.6 is 54.8 Å². The monoisotopic (exact) mass is 406 g/mol. The van der Waals surface area contributed by atoms with Gasteiger partial charge >= 0.3 is 0 Å². The molecule has 4 heteroatoms. The fourth-order valence-corrected chi connectivity index (χ4v) is 4.96. The molecule has 0 radical (unpaired) electrons. The zero-order valence-electron chi connectivity index (χ0n) is 9.70. The van der Waals surface area contributed by atoms with Crippen LogP contribution in [0.15, 0.2) is 41.8 Å². The van der Waals surface area contributed by atoms with Crippen LogP contribution in [0.4, 0.5) is 0 Å². The van der Waals surface area contributed by atoms with E-state index in [1.54, 1.807) is 11.3 Å². The molecule has 0 saturated carbocycles. The Balaban J connectivity index is 2.37. The summed E-state index contributed by atoms with van der Waals surface area (Å²) in [4.78, 5) is 1.40. The Kier molecular flexibility index (Phi) is 5.31. The molecule has 0 fully saturated rings. The molecule has 0 nitrogen and oxygen atoms in total. The standard InChI is InChI=1S/C14H13Br2ClS/c15-9-14(10-16,8-13-5-2-6-18-13)11-3-1-4-12(17)7-11/h1-7H,8-10H2. The highest BCUT2D eigenvalue weighted by Crippen LogP contribution is 2.35. The summed E-state index contributed by atoms with van der Waals surface area (Å²) in [7, 11) is 0. The van der Waals surface area contributed by atoms with E-state index in [2.05, 4.69) is 61.5 Å². The molecule has 0 spiro atoms. The number of hydrogen-bond donors (Lipinski definition) is 0. The van der Waals surface area contributed by atoms with Crippen molar-refractivity contribution in [1.82, 2.24) is 0 Å². The number of alkyl halides is 2. The summed E-state index contributed by atoms with van der Waals surface area (Å²) >= 11 is 15.3. The van der Waals surface area contributed by atoms with E-state index in [1.807, 2.05) is 12.1 Å². The summed E-state index contributed by atoms with van der Waals surface area (Å²) in [6, 6.07) is 12.5. The average molecular weight is 409 g/mol. The highest BCUT2D eigenvalue weighted by Gasteiger charge is 2.31. The van der Waals surface area contributed by atoms with Crippen LogP contribution in [0.2, 0.25) is 5.02 Å². The Morgan fingerprint density at radius 3 is 2.44 bits per heavy atom. The first kappa shape index (κ1) is 14.6. The molecule has 1 aromatic heterocycles. The first-order valence-electron chi connectivity index (χ1n) is 5.60. The van der Waals surface area contributed by atoms with Gasteiger partial charge in [0.1, 0.15) is 0 Å². The summed E-state index contributed by atoms with van der Waals surface area (Å²) in [6.07, 6.45) is 1.02. The molecular weight excluding hydrogens is 395 g/mol. The van der Waals surface area contributed by atoms with E-state index in [0.29, 0.717) is 0 Å². The third-order valence-corrected chi connectivity index (χ3v) is 6.30. The van der Waals surface area contributed by atoms with Crippen LogP contribution < -0.4 is 0 Å². The van der Waals surface area contributed by atoms with Crippen molar-refractivity contribution in [3.8, 4) is 0 Å². The van der Waals surface area contributed by atoms with Gasteiger partial charge in [-0.1, -0.05) is 61.7 Å². The first-order valence-corrected chi connectivity index (χ1v) is 9.10. The van der Waals surface area contributed by atoms with Gasteiger partial charge in [-0.15, -0.1) is 11.3 Å². The van der Waals surface area contributed by atoms with Gasteiger partial charge < -0.3 is 0 Å². The third kappa shape index (κ3) is 3.19. The smallest absolute Gasteiger partial charge is 0.0408 e. The Morgan fingerprint density at radius 2 is 1.89 bits per heavy atom. The molecule has 1 heterocycles. The summed E-state index contributed by atoms with van der Waals surface area (Å²) in [5, 5.41) is 4.73. The van der Waals surface area contributed by atoms with Crippen molar-refractivity contribution >= 4 is 54.8 Å². The van der Waals surface area contributed by atoms with E-state index in [0.717, 1.165) is 22.1 Å². The molecule has 0 unspecified atom stereocenters. The second kappa shape index (κ2) is 6.56. The van der Waals surface area contributed by atoms with Crippen LogP contribution in [0.5, 0.6) is 0 Å². The highest BCUT2D eigenvalue weighted by atomic mass is 79.9. The van der Waals surface area contributed by atoms with Crippen LogP contribution in [-0.2, 0) is 11.8 Å². The minimum absolute atomic E-state index is 0.0513. The van der Waals surface area contributed by atoms with E-state index in [1.165, 1.54) is 10.4 Å². The summed E-state index contributed by atoms with van der Waals surface area (Å²) in [5.74, 6) is 0. The molecular formula is C14H13Br2ClS. The van der Waals surface area contributed by atoms with Crippen molar-refractivity contribution in [3.05, 3.63) is 57.2 Å². The van der Waals surface area contributed by atoms with Gasteiger partial charge in [-0.05, 0) is 35.6 Å². The largest absolute Gasteiger partial charge is 0.149 e. The second-order valence-corrected chi connectivity index (χ2v) is 6.90. The minimum Gasteiger partial charge on any atom is -0.149 e. The van der Waals surface area contributed by atoms with Crippen LogP contribution in [0.1, 0.15) is 10.4 Å². The molecule has 2 aromatic rings. The zero-order chi connectivity index (χ0) is 13.0. The average Bonchev–Trinajstić information content (AvgIpc) is 2.89. The van der Waals surface area contributed by atoms with Gasteiger partial charge in [0, 0.05) is 26.0 Å². The van der Waals surface area contributed by atoms with E-state index in [-0.39, 0.29) is 5.41 Å². The first-order chi connectivity index (χ1) is 8.70. The highest BCUT2D eigenvalue weighted by molar-refractivity contribution is 9.09. The summed E-state index contributed by atoms with van der Waals surface area (Å²) < 4.78 is 0. The lowest BCUT2D eigenvalue weighted by Crippen LogP contribution is -2.32. The van der Waals surface area contributed by atoms with Crippen molar-refractivity contribution in [1.29, 1.82) is 0 Å². The molecule has 0 amide bonds. The molecule has 0 aliphatic rings. The van der Waals surface area contributed by atoms with Crippen molar-refractivity contribution < 1.29 is 0 Å². The van der Waals surface area contributed by atoms with Gasteiger partial charge in [0.05, 0.1) is 0 Å². The predicted molar refractivity (Wildman–Crippen MR) is 88.7 cm³/mol. The number of rotatable bonds is 5. The number of benzene rings is 1. The fraction of sp³-hybridized carbons (Fsp3) is 0.286. The zero-order valence-corrected chi connectivity index (χ0v) is 14.4. The van der Waals surface area contributed by atoms with Crippen molar-refractivity contribution in [2.24, 2.45) is 0 Å². The Hall–Kier alpha value is 0.170. The lowest BCUT2D eigenvalue weighted by molar-refractivity contribution is 0.556. The van der Waals surface area contributed by atoms with Crippen molar-refractivity contribution in [3.63, 3.8) is 0 Å². The van der Waals surface area contributed by atoms with Gasteiger partial charge in [-0.3, -0.25) is 0 Å². The van der Waals surface area contributed by atoms with Gasteiger partial charge in [0.25, 0.3) is 0 Å². The van der Waals surface area contributed by atoms with Crippen LogP contribution in [0.25, 0.3) is 0 Å². The maximum atomic E-state index is 6.12. The second-order valence-electron chi connectivity index (χ2n) is 4.31. The topological polar surface area (TPSA) is 0 Å². The van der Waals surface area contributed by atoms with Crippen LogP contribution in [0, 0.1) is 0 Å². The van der Waals surface area contributed by atoms with E-state index in [9.17, 15) is 0 Å².